The van der Waals surface area contributed by atoms with Gasteiger partial charge in [-0.15, -0.1) is 0 Å². The Morgan fingerprint density at radius 2 is 1.84 bits per heavy atom. The largest absolute Gasteiger partial charge is 0.469 e. The topological polar surface area (TPSA) is 76.2 Å². The lowest BCUT2D eigenvalue weighted by molar-refractivity contribution is -0.140. The van der Waals surface area contributed by atoms with Crippen LogP contribution in [0, 0.1) is 6.92 Å². The number of hydrogen-bond donors (Lipinski definition) is 1. The van der Waals surface area contributed by atoms with Gasteiger partial charge in [0, 0.05) is 11.2 Å². The molecule has 0 amide bonds. The van der Waals surface area contributed by atoms with Crippen molar-refractivity contribution in [3.63, 3.8) is 0 Å². The number of nitrogens with one attached hydrogen (secondary N) is 1. The van der Waals surface area contributed by atoms with E-state index in [4.69, 9.17) is 4.74 Å². The standard InChI is InChI=1S/C19H19NO4S/c1-13-10-15-11-14(8-9-17(15)20-13)18(12-19(21)24-2)25(22,23)16-6-4-3-5-7-16/h3-11,18,20H,12H2,1-2H3. The van der Waals surface area contributed by atoms with Gasteiger partial charge in [-0.3, -0.25) is 4.79 Å². The van der Waals surface area contributed by atoms with Crippen LogP contribution in [0.5, 0.6) is 0 Å². The Morgan fingerprint density at radius 1 is 1.12 bits per heavy atom. The highest BCUT2D eigenvalue weighted by Gasteiger charge is 2.31. The molecule has 0 aliphatic carbocycles. The fraction of sp³-hybridized carbons (Fsp3) is 0.211. The van der Waals surface area contributed by atoms with E-state index in [-0.39, 0.29) is 11.3 Å². The maximum absolute atomic E-state index is 13.1. The smallest absolute Gasteiger partial charge is 0.307 e. The van der Waals surface area contributed by atoms with Crippen molar-refractivity contribution in [2.45, 2.75) is 23.5 Å². The summed E-state index contributed by atoms with van der Waals surface area (Å²) in [5.41, 5.74) is 2.48. The van der Waals surface area contributed by atoms with Crippen LogP contribution < -0.4 is 0 Å². The third-order valence-electron chi connectivity index (χ3n) is 4.18. The summed E-state index contributed by atoms with van der Waals surface area (Å²) in [6.07, 6.45) is -0.233. The molecule has 130 valence electrons. The van der Waals surface area contributed by atoms with Crippen molar-refractivity contribution in [3.8, 4) is 0 Å². The zero-order valence-corrected chi connectivity index (χ0v) is 14.8. The van der Waals surface area contributed by atoms with Gasteiger partial charge in [0.2, 0.25) is 0 Å². The Kier molecular flexibility index (Phi) is 4.63. The van der Waals surface area contributed by atoms with E-state index in [0.29, 0.717) is 5.56 Å². The molecule has 3 aromatic rings. The number of hydrogen-bond acceptors (Lipinski definition) is 4. The highest BCUT2D eigenvalue weighted by molar-refractivity contribution is 7.91. The Bertz CT molecular complexity index is 1010. The normalized spacial score (nSPS) is 12.9. The maximum atomic E-state index is 13.1. The first-order valence-corrected chi connectivity index (χ1v) is 9.41. The van der Waals surface area contributed by atoms with E-state index in [1.54, 1.807) is 36.4 Å². The SMILES string of the molecule is COC(=O)CC(c1ccc2[nH]c(C)cc2c1)S(=O)(=O)c1ccccc1. The Balaban J connectivity index is 2.11. The van der Waals surface area contributed by atoms with Gasteiger partial charge in [0.25, 0.3) is 0 Å². The molecule has 0 fully saturated rings. The van der Waals surface area contributed by atoms with Gasteiger partial charge in [0.1, 0.15) is 5.25 Å². The molecule has 1 atom stereocenters. The number of carbonyl (C=O) groups is 1. The van der Waals surface area contributed by atoms with Gasteiger partial charge in [0.15, 0.2) is 9.84 Å². The first-order chi connectivity index (χ1) is 11.9. The minimum Gasteiger partial charge on any atom is -0.469 e. The molecule has 25 heavy (non-hydrogen) atoms. The van der Waals surface area contributed by atoms with Crippen LogP contribution in [0.2, 0.25) is 0 Å². The number of aryl methyl sites for hydroxylation is 1. The number of rotatable bonds is 5. The number of ether oxygens (including phenoxy) is 1. The Morgan fingerprint density at radius 3 is 2.52 bits per heavy atom. The fourth-order valence-corrected chi connectivity index (χ4v) is 4.64. The molecule has 0 aliphatic rings. The molecule has 2 aromatic carbocycles. The van der Waals surface area contributed by atoms with Crippen LogP contribution in [0.15, 0.2) is 59.5 Å². The van der Waals surface area contributed by atoms with Crippen molar-refractivity contribution < 1.29 is 17.9 Å². The molecular formula is C19H19NO4S. The lowest BCUT2D eigenvalue weighted by Crippen LogP contribution is -2.18. The van der Waals surface area contributed by atoms with Gasteiger partial charge in [-0.2, -0.15) is 0 Å². The number of methoxy groups -OCH3 is 1. The highest BCUT2D eigenvalue weighted by Crippen LogP contribution is 2.33. The van der Waals surface area contributed by atoms with Gasteiger partial charge >= 0.3 is 5.97 Å². The second kappa shape index (κ2) is 6.72. The lowest BCUT2D eigenvalue weighted by atomic mass is 10.1. The minimum absolute atomic E-state index is 0.189. The summed E-state index contributed by atoms with van der Waals surface area (Å²) in [5, 5.41) is -0.0879. The summed E-state index contributed by atoms with van der Waals surface area (Å²) in [7, 11) is -2.47. The predicted molar refractivity (Wildman–Crippen MR) is 96.0 cm³/mol. The number of aromatic nitrogens is 1. The molecule has 1 heterocycles. The second-order valence-corrected chi connectivity index (χ2v) is 8.06. The molecule has 3 rings (SSSR count). The van der Waals surface area contributed by atoms with E-state index in [2.05, 4.69) is 4.98 Å². The average Bonchev–Trinajstić information content (AvgIpc) is 2.99. The third kappa shape index (κ3) is 3.44. The minimum atomic E-state index is -3.73. The summed E-state index contributed by atoms with van der Waals surface area (Å²) in [5.74, 6) is -0.560. The second-order valence-electron chi connectivity index (χ2n) is 5.93. The lowest BCUT2D eigenvalue weighted by Gasteiger charge is -2.17. The van der Waals surface area contributed by atoms with E-state index in [9.17, 15) is 13.2 Å². The van der Waals surface area contributed by atoms with Crippen LogP contribution in [0.1, 0.15) is 22.9 Å². The van der Waals surface area contributed by atoms with Crippen molar-refractivity contribution in [1.82, 2.24) is 4.98 Å². The number of sulfone groups is 1. The van der Waals surface area contributed by atoms with Crippen LogP contribution in [0.4, 0.5) is 0 Å². The van der Waals surface area contributed by atoms with Crippen LogP contribution in [-0.2, 0) is 19.4 Å². The molecular weight excluding hydrogens is 338 g/mol. The number of fused-ring (bicyclic) bond motifs is 1. The van der Waals surface area contributed by atoms with Gasteiger partial charge < -0.3 is 9.72 Å². The number of benzene rings is 2. The third-order valence-corrected chi connectivity index (χ3v) is 6.29. The Labute approximate surface area is 146 Å². The van der Waals surface area contributed by atoms with Crippen molar-refractivity contribution in [2.75, 3.05) is 7.11 Å². The van der Waals surface area contributed by atoms with E-state index < -0.39 is 21.1 Å². The molecule has 0 bridgehead atoms. The fourth-order valence-electron chi connectivity index (χ4n) is 2.91. The van der Waals surface area contributed by atoms with Gasteiger partial charge in [-0.1, -0.05) is 24.3 Å². The summed E-state index contributed by atoms with van der Waals surface area (Å²) in [6.45, 7) is 1.94. The highest BCUT2D eigenvalue weighted by atomic mass is 32.2. The monoisotopic (exact) mass is 357 g/mol. The Hall–Kier alpha value is -2.60. The van der Waals surface area contributed by atoms with Crippen LogP contribution in [-0.4, -0.2) is 26.5 Å². The maximum Gasteiger partial charge on any atom is 0.307 e. The zero-order valence-electron chi connectivity index (χ0n) is 14.0. The molecule has 0 saturated carbocycles. The van der Waals surface area contributed by atoms with Gasteiger partial charge in [0.05, 0.1) is 18.4 Å². The van der Waals surface area contributed by atoms with E-state index in [1.165, 1.54) is 7.11 Å². The molecule has 5 nitrogen and oxygen atoms in total. The van der Waals surface area contributed by atoms with Crippen molar-refractivity contribution >= 4 is 26.7 Å². The molecule has 0 aliphatic heterocycles. The van der Waals surface area contributed by atoms with E-state index in [0.717, 1.165) is 16.6 Å². The van der Waals surface area contributed by atoms with E-state index >= 15 is 0 Å². The molecule has 0 spiro atoms. The molecule has 1 N–H and O–H groups in total. The predicted octanol–water partition coefficient (Wildman–Crippen LogP) is 3.55. The summed E-state index contributed by atoms with van der Waals surface area (Å²) in [4.78, 5) is 15.2. The molecule has 0 radical (unpaired) electrons. The van der Waals surface area contributed by atoms with E-state index in [1.807, 2.05) is 25.1 Å². The van der Waals surface area contributed by atoms with Gasteiger partial charge in [-0.25, -0.2) is 8.42 Å². The van der Waals surface area contributed by atoms with Crippen molar-refractivity contribution in [3.05, 3.63) is 65.9 Å². The zero-order chi connectivity index (χ0) is 18.0. The summed E-state index contributed by atoms with van der Waals surface area (Å²) >= 11 is 0. The summed E-state index contributed by atoms with van der Waals surface area (Å²) in [6, 6.07) is 15.5. The first-order valence-electron chi connectivity index (χ1n) is 7.87. The van der Waals surface area contributed by atoms with Crippen molar-refractivity contribution in [1.29, 1.82) is 0 Å². The van der Waals surface area contributed by atoms with Crippen LogP contribution >= 0.6 is 0 Å². The number of H-pyrrole nitrogens is 1. The molecule has 1 aromatic heterocycles. The average molecular weight is 357 g/mol. The van der Waals surface area contributed by atoms with Crippen molar-refractivity contribution in [2.24, 2.45) is 0 Å². The number of aromatic amines is 1. The number of carbonyl (C=O) groups excluding carboxylic acids is 1. The quantitative estimate of drug-likeness (QED) is 0.709. The first kappa shape index (κ1) is 17.2. The number of esters is 1. The molecule has 0 saturated heterocycles. The molecule has 1 unspecified atom stereocenters. The van der Waals surface area contributed by atoms with Gasteiger partial charge in [-0.05, 0) is 48.2 Å². The summed E-state index contributed by atoms with van der Waals surface area (Å²) < 4.78 is 30.9. The molecule has 6 heteroatoms. The van der Waals surface area contributed by atoms with Crippen LogP contribution in [0.25, 0.3) is 10.9 Å². The van der Waals surface area contributed by atoms with Crippen LogP contribution in [0.3, 0.4) is 0 Å².